The summed E-state index contributed by atoms with van der Waals surface area (Å²) in [5, 5.41) is 27.2. The molecular weight excluding hydrogens is 779 g/mol. The fourth-order valence-electron chi connectivity index (χ4n) is 9.03. The summed E-state index contributed by atoms with van der Waals surface area (Å²) in [7, 11) is 1.68. The summed E-state index contributed by atoms with van der Waals surface area (Å²) in [6.45, 7) is 7.39. The van der Waals surface area contributed by atoms with Gasteiger partial charge in [0.05, 0.1) is 31.5 Å². The van der Waals surface area contributed by atoms with Gasteiger partial charge in [-0.05, 0) is 79.3 Å². The molecule has 1 fully saturated rings. The van der Waals surface area contributed by atoms with Crippen molar-refractivity contribution in [1.82, 2.24) is 10.2 Å². The fraction of sp³-hybridized carbons (Fsp3) is 0.479. The highest BCUT2D eigenvalue weighted by molar-refractivity contribution is 6.03. The summed E-state index contributed by atoms with van der Waals surface area (Å²) in [4.78, 5) is 34.5. The highest BCUT2D eigenvalue weighted by Crippen LogP contribution is 2.61. The average molecular weight is 840 g/mol. The summed E-state index contributed by atoms with van der Waals surface area (Å²) >= 11 is 0. The van der Waals surface area contributed by atoms with Crippen molar-refractivity contribution in [2.75, 3.05) is 46.7 Å². The molecule has 0 bridgehead atoms. The number of amides is 2. The van der Waals surface area contributed by atoms with E-state index in [2.05, 4.69) is 23.1 Å². The molecule has 2 amide bonds. The van der Waals surface area contributed by atoms with Crippen LogP contribution in [-0.4, -0.2) is 91.5 Å². The van der Waals surface area contributed by atoms with E-state index in [-0.39, 0.29) is 57.2 Å². The Kier molecular flexibility index (Phi) is 16.8. The van der Waals surface area contributed by atoms with Crippen LogP contribution in [0.4, 0.5) is 9.59 Å². The number of carbonyl (C=O) groups excluding carboxylic acids is 2. The van der Waals surface area contributed by atoms with Crippen LogP contribution in [0.2, 0.25) is 0 Å². The quantitative estimate of drug-likeness (QED) is 0.0516. The second-order valence-corrected chi connectivity index (χ2v) is 15.7. The van der Waals surface area contributed by atoms with Gasteiger partial charge >= 0.3 is 12.2 Å². The molecule has 61 heavy (non-hydrogen) atoms. The Balaban J connectivity index is 1.39. The minimum Gasteiger partial charge on any atom is -0.459 e. The number of aliphatic hydroxyl groups excluding tert-OH is 2. The summed E-state index contributed by atoms with van der Waals surface area (Å²) in [6.07, 6.45) is 7.42. The molecule has 0 spiro atoms. The Morgan fingerprint density at radius 3 is 2.39 bits per heavy atom. The third-order valence-electron chi connectivity index (χ3n) is 11.8. The number of ether oxygens (including phenoxy) is 5. The van der Waals surface area contributed by atoms with Crippen LogP contribution in [0.5, 0.6) is 11.5 Å². The van der Waals surface area contributed by atoms with Gasteiger partial charge in [0, 0.05) is 44.7 Å². The molecular formula is C48H61N3O10. The first kappa shape index (κ1) is 45.3. The van der Waals surface area contributed by atoms with Crippen LogP contribution in [-0.2, 0) is 32.2 Å². The lowest BCUT2D eigenvalue weighted by atomic mass is 9.55. The number of rotatable bonds is 22. The van der Waals surface area contributed by atoms with Crippen LogP contribution >= 0.6 is 0 Å². The van der Waals surface area contributed by atoms with Crippen molar-refractivity contribution in [3.8, 4) is 11.5 Å². The molecule has 6 atom stereocenters. The molecule has 1 heterocycles. The molecule has 3 aromatic carbocycles. The van der Waals surface area contributed by atoms with E-state index < -0.39 is 29.9 Å². The lowest BCUT2D eigenvalue weighted by Gasteiger charge is -2.59. The summed E-state index contributed by atoms with van der Waals surface area (Å²) < 4.78 is 31.6. The van der Waals surface area contributed by atoms with Crippen molar-refractivity contribution in [3.05, 3.63) is 120 Å². The Bertz CT molecular complexity index is 1940. The van der Waals surface area contributed by atoms with E-state index in [1.165, 1.54) is 4.90 Å². The Labute approximate surface area is 359 Å². The van der Waals surface area contributed by atoms with E-state index in [1.54, 1.807) is 25.3 Å². The summed E-state index contributed by atoms with van der Waals surface area (Å²) in [5.74, 6) is -1.31. The first-order chi connectivity index (χ1) is 29.8. The van der Waals surface area contributed by atoms with E-state index in [4.69, 9.17) is 28.5 Å². The molecule has 6 rings (SSSR count). The Morgan fingerprint density at radius 1 is 0.967 bits per heavy atom. The maximum absolute atomic E-state index is 14.0. The number of oxime groups is 1. The number of allylic oxidation sites excluding steroid dienone is 1. The molecule has 0 saturated heterocycles. The monoisotopic (exact) mass is 839 g/mol. The van der Waals surface area contributed by atoms with Crippen LogP contribution in [0.25, 0.3) is 0 Å². The molecule has 13 nitrogen and oxygen atoms in total. The zero-order chi connectivity index (χ0) is 43.0. The lowest BCUT2D eigenvalue weighted by Crippen LogP contribution is -2.69. The zero-order valence-corrected chi connectivity index (χ0v) is 35.4. The molecule has 13 heteroatoms. The van der Waals surface area contributed by atoms with Gasteiger partial charge in [-0.3, -0.25) is 0 Å². The molecule has 1 aliphatic heterocycles. The number of nitrogens with zero attached hydrogens (tertiary/aromatic N) is 2. The number of carbonyl (C=O) groups is 2. The summed E-state index contributed by atoms with van der Waals surface area (Å²) in [6, 6.07) is 24.0. The van der Waals surface area contributed by atoms with E-state index in [0.29, 0.717) is 49.8 Å². The van der Waals surface area contributed by atoms with Crippen molar-refractivity contribution in [1.29, 1.82) is 0 Å². The van der Waals surface area contributed by atoms with Gasteiger partial charge < -0.3 is 49.0 Å². The SMILES string of the molecule is C=CCO[C@@]12Oc3ccc(OC(=O)NCc4ccccc4)cc3[C@H]3[C@H](CCCCO)[C@@H](CCCCO)C=C(C(=NOCC)C[C@@H]1N(C)C(=O)OCCOCc1ccccc1)[C@H]32. The average Bonchev–Trinajstić information content (AvgIpc) is 3.28. The van der Waals surface area contributed by atoms with Crippen LogP contribution in [0.3, 0.4) is 0 Å². The van der Waals surface area contributed by atoms with Gasteiger partial charge in [-0.25, -0.2) is 9.59 Å². The van der Waals surface area contributed by atoms with Gasteiger partial charge in [-0.1, -0.05) is 90.8 Å². The third kappa shape index (κ3) is 11.2. The minimum absolute atomic E-state index is 0.00150. The molecule has 328 valence electrons. The number of likely N-dealkylation sites (N-methyl/N-ethyl adjacent to an activating group) is 1. The maximum atomic E-state index is 14.0. The maximum Gasteiger partial charge on any atom is 0.412 e. The van der Waals surface area contributed by atoms with Gasteiger partial charge in [-0.2, -0.15) is 0 Å². The van der Waals surface area contributed by atoms with Crippen LogP contribution in [0, 0.1) is 17.8 Å². The van der Waals surface area contributed by atoms with Crippen LogP contribution < -0.4 is 14.8 Å². The molecule has 0 aromatic heterocycles. The van der Waals surface area contributed by atoms with Gasteiger partial charge in [0.25, 0.3) is 0 Å². The van der Waals surface area contributed by atoms with Crippen molar-refractivity contribution < 1.29 is 48.3 Å². The van der Waals surface area contributed by atoms with Gasteiger partial charge in [-0.15, -0.1) is 6.58 Å². The smallest absolute Gasteiger partial charge is 0.412 e. The van der Waals surface area contributed by atoms with E-state index in [1.807, 2.05) is 73.7 Å². The standard InChI is InChI=1S/C48H61N3O10/c1-4-26-58-48-43(51(3)47(55)57-28-27-56-33-35-18-10-7-11-19-35)31-41(50-59-5-2)39-29-36(20-12-14-24-52)38(21-13-15-25-53)44(45(39)48)40-30-37(22-23-42(40)61-48)60-46(54)49-32-34-16-8-6-9-17-34/h4,6-11,16-19,22-23,29-30,36,38,43-45,52-53H,1,5,12-15,20-21,24-28,31-33H2,2-3H3,(H,49,54)/t36-,38+,43-,44+,45+,48+/m0/s1. The largest absolute Gasteiger partial charge is 0.459 e. The zero-order valence-electron chi connectivity index (χ0n) is 35.4. The summed E-state index contributed by atoms with van der Waals surface area (Å²) in [5.41, 5.74) is 4.37. The first-order valence-corrected chi connectivity index (χ1v) is 21.5. The minimum atomic E-state index is -1.44. The molecule has 0 unspecified atom stereocenters. The van der Waals surface area contributed by atoms with Crippen LogP contribution in [0.15, 0.2) is 108 Å². The second kappa shape index (κ2) is 22.6. The topological polar surface area (TPSA) is 158 Å². The van der Waals surface area contributed by atoms with Gasteiger partial charge in [0.1, 0.15) is 30.8 Å². The molecule has 3 N–H and O–H groups in total. The number of benzene rings is 3. The van der Waals surface area contributed by atoms with Crippen molar-refractivity contribution >= 4 is 17.9 Å². The second-order valence-electron chi connectivity index (χ2n) is 15.7. The van der Waals surface area contributed by atoms with E-state index >= 15 is 0 Å². The normalized spacial score (nSPS) is 23.1. The highest BCUT2D eigenvalue weighted by Gasteiger charge is 2.65. The molecule has 3 aromatic rings. The van der Waals surface area contributed by atoms with Gasteiger partial charge in [0.2, 0.25) is 5.79 Å². The predicted octanol–water partition coefficient (Wildman–Crippen LogP) is 7.91. The number of nitrogens with one attached hydrogen (secondary N) is 1. The van der Waals surface area contributed by atoms with E-state index in [9.17, 15) is 19.8 Å². The number of hydrogen-bond acceptors (Lipinski definition) is 11. The number of aliphatic hydroxyl groups is 2. The van der Waals surface area contributed by atoms with Crippen LogP contribution in [0.1, 0.15) is 74.5 Å². The first-order valence-electron chi connectivity index (χ1n) is 21.5. The molecule has 3 aliphatic rings. The van der Waals surface area contributed by atoms with Gasteiger partial charge in [0.15, 0.2) is 0 Å². The molecule has 2 aliphatic carbocycles. The Hall–Kier alpha value is -5.21. The van der Waals surface area contributed by atoms with Crippen molar-refractivity contribution in [2.24, 2.45) is 22.9 Å². The van der Waals surface area contributed by atoms with E-state index in [0.717, 1.165) is 47.9 Å². The van der Waals surface area contributed by atoms with Crippen molar-refractivity contribution in [2.45, 2.75) is 82.8 Å². The highest BCUT2D eigenvalue weighted by atomic mass is 16.7. The predicted molar refractivity (Wildman–Crippen MR) is 231 cm³/mol. The number of fused-ring (bicyclic) bond motifs is 2. The number of hydrogen-bond donors (Lipinski definition) is 3. The molecule has 0 radical (unpaired) electrons. The number of unbranched alkanes of at least 4 members (excludes halogenated alkanes) is 2. The lowest BCUT2D eigenvalue weighted by molar-refractivity contribution is -0.253. The molecule has 1 saturated carbocycles. The Morgan fingerprint density at radius 2 is 1.69 bits per heavy atom. The third-order valence-corrected chi connectivity index (χ3v) is 11.8. The van der Waals surface area contributed by atoms with Crippen molar-refractivity contribution in [3.63, 3.8) is 0 Å². The fourth-order valence-corrected chi connectivity index (χ4v) is 9.03.